The van der Waals surface area contributed by atoms with Crippen molar-refractivity contribution in [2.24, 2.45) is 0 Å². The zero-order chi connectivity index (χ0) is 16.3. The van der Waals surface area contributed by atoms with E-state index in [1.54, 1.807) is 0 Å². The number of carboxylic acids is 1. The van der Waals surface area contributed by atoms with E-state index < -0.39 is 5.97 Å². The molecular weight excluding hydrogens is 322 g/mol. The van der Waals surface area contributed by atoms with E-state index >= 15 is 0 Å². The minimum atomic E-state index is -1.14. The standard InChI is InChI=1S/C16H14ClNO5/c1-6-3-8-12(11-5-10(16(19)20)18-23-11)14-9(4-7(2)21-14)13(17)15(8)22-6/h5-7H,3-4H2,1-2H3,(H,19,20). The summed E-state index contributed by atoms with van der Waals surface area (Å²) in [5.74, 6) is 0.505. The molecule has 2 unspecified atom stereocenters. The number of ether oxygens (including phenoxy) is 2. The second-order valence-electron chi connectivity index (χ2n) is 5.95. The van der Waals surface area contributed by atoms with Gasteiger partial charge in [-0.3, -0.25) is 0 Å². The molecule has 3 heterocycles. The maximum absolute atomic E-state index is 11.1. The van der Waals surface area contributed by atoms with Crippen LogP contribution in [0.4, 0.5) is 0 Å². The van der Waals surface area contributed by atoms with Crippen LogP contribution in [0.5, 0.6) is 11.5 Å². The summed E-state index contributed by atoms with van der Waals surface area (Å²) < 4.78 is 17.0. The molecule has 0 bridgehead atoms. The van der Waals surface area contributed by atoms with Crippen molar-refractivity contribution in [2.45, 2.75) is 38.9 Å². The summed E-state index contributed by atoms with van der Waals surface area (Å²) in [4.78, 5) is 11.1. The van der Waals surface area contributed by atoms with Gasteiger partial charge in [-0.2, -0.15) is 0 Å². The highest BCUT2D eigenvalue weighted by Crippen LogP contribution is 2.52. The summed E-state index contributed by atoms with van der Waals surface area (Å²) in [6, 6.07) is 1.40. The number of hydrogen-bond acceptors (Lipinski definition) is 5. The fourth-order valence-corrected chi connectivity index (χ4v) is 3.54. The Morgan fingerprint density at radius 2 is 1.87 bits per heavy atom. The van der Waals surface area contributed by atoms with Crippen LogP contribution in [0.15, 0.2) is 10.6 Å². The van der Waals surface area contributed by atoms with E-state index in [2.05, 4.69) is 5.16 Å². The Balaban J connectivity index is 1.97. The van der Waals surface area contributed by atoms with Crippen LogP contribution in [0.2, 0.25) is 5.02 Å². The predicted octanol–water partition coefficient (Wildman–Crippen LogP) is 3.34. The smallest absolute Gasteiger partial charge is 0.358 e. The topological polar surface area (TPSA) is 81.8 Å². The molecule has 2 aromatic rings. The van der Waals surface area contributed by atoms with E-state index in [0.717, 1.165) is 11.1 Å². The van der Waals surface area contributed by atoms with Gasteiger partial charge in [-0.05, 0) is 13.8 Å². The van der Waals surface area contributed by atoms with Crippen molar-refractivity contribution in [1.29, 1.82) is 0 Å². The third kappa shape index (κ3) is 2.09. The highest BCUT2D eigenvalue weighted by atomic mass is 35.5. The molecule has 23 heavy (non-hydrogen) atoms. The van der Waals surface area contributed by atoms with E-state index in [1.165, 1.54) is 6.07 Å². The Morgan fingerprint density at radius 1 is 1.22 bits per heavy atom. The van der Waals surface area contributed by atoms with Gasteiger partial charge in [0, 0.05) is 30.0 Å². The summed E-state index contributed by atoms with van der Waals surface area (Å²) in [5.41, 5.74) is 2.31. The van der Waals surface area contributed by atoms with E-state index in [0.29, 0.717) is 40.7 Å². The van der Waals surface area contributed by atoms with Crippen LogP contribution < -0.4 is 9.47 Å². The number of rotatable bonds is 2. The van der Waals surface area contributed by atoms with E-state index in [1.807, 2.05) is 13.8 Å². The minimum absolute atomic E-state index is 0.0111. The van der Waals surface area contributed by atoms with Gasteiger partial charge < -0.3 is 19.1 Å². The van der Waals surface area contributed by atoms with Gasteiger partial charge in [0.05, 0.1) is 10.6 Å². The first-order valence-corrected chi connectivity index (χ1v) is 7.74. The van der Waals surface area contributed by atoms with E-state index in [-0.39, 0.29) is 17.9 Å². The van der Waals surface area contributed by atoms with Crippen molar-refractivity contribution >= 4 is 17.6 Å². The van der Waals surface area contributed by atoms with Crippen molar-refractivity contribution in [3.05, 3.63) is 27.9 Å². The second-order valence-corrected chi connectivity index (χ2v) is 6.33. The van der Waals surface area contributed by atoms with E-state index in [4.69, 9.17) is 30.7 Å². The highest BCUT2D eigenvalue weighted by Gasteiger charge is 2.37. The normalized spacial score (nSPS) is 21.5. The zero-order valence-electron chi connectivity index (χ0n) is 12.6. The van der Waals surface area contributed by atoms with Gasteiger partial charge in [0.25, 0.3) is 0 Å². The first-order chi connectivity index (χ1) is 11.0. The molecule has 2 aliphatic heterocycles. The quantitative estimate of drug-likeness (QED) is 0.906. The summed E-state index contributed by atoms with van der Waals surface area (Å²) in [5, 5.41) is 13.2. The fraction of sp³-hybridized carbons (Fsp3) is 0.375. The lowest BCUT2D eigenvalue weighted by molar-refractivity contribution is 0.0686. The fourth-order valence-electron chi connectivity index (χ4n) is 3.22. The average molecular weight is 336 g/mol. The van der Waals surface area contributed by atoms with Crippen LogP contribution in [0, 0.1) is 0 Å². The first-order valence-electron chi connectivity index (χ1n) is 7.36. The third-order valence-electron chi connectivity index (χ3n) is 4.14. The molecule has 2 atom stereocenters. The maximum atomic E-state index is 11.1. The van der Waals surface area contributed by atoms with Crippen molar-refractivity contribution in [3.8, 4) is 22.8 Å². The molecule has 0 fully saturated rings. The van der Waals surface area contributed by atoms with E-state index in [9.17, 15) is 4.79 Å². The van der Waals surface area contributed by atoms with Crippen molar-refractivity contribution in [3.63, 3.8) is 0 Å². The largest absolute Gasteiger partial charge is 0.489 e. The monoisotopic (exact) mass is 335 g/mol. The number of aromatic nitrogens is 1. The number of carbonyl (C=O) groups is 1. The van der Waals surface area contributed by atoms with Gasteiger partial charge >= 0.3 is 5.97 Å². The van der Waals surface area contributed by atoms with Crippen molar-refractivity contribution in [2.75, 3.05) is 0 Å². The summed E-state index contributed by atoms with van der Waals surface area (Å²) in [7, 11) is 0. The molecule has 1 aromatic carbocycles. The molecule has 0 amide bonds. The van der Waals surface area contributed by atoms with Crippen LogP contribution in [-0.2, 0) is 12.8 Å². The van der Waals surface area contributed by atoms with Gasteiger partial charge in [-0.15, -0.1) is 0 Å². The van der Waals surface area contributed by atoms with Gasteiger partial charge in [-0.1, -0.05) is 16.8 Å². The number of nitrogens with zero attached hydrogens (tertiary/aromatic N) is 1. The molecule has 0 aliphatic carbocycles. The predicted molar refractivity (Wildman–Crippen MR) is 81.5 cm³/mol. The highest BCUT2D eigenvalue weighted by molar-refractivity contribution is 6.33. The molecule has 1 aromatic heterocycles. The SMILES string of the molecule is CC1Cc2c(c(Cl)c3c(c2-c2cc(C(=O)O)no2)OC(C)C3)O1. The molecule has 4 rings (SSSR count). The molecular formula is C16H14ClNO5. The van der Waals surface area contributed by atoms with Gasteiger partial charge in [0.2, 0.25) is 0 Å². The number of halogens is 1. The van der Waals surface area contributed by atoms with Crippen molar-refractivity contribution in [1.82, 2.24) is 5.16 Å². The molecule has 1 N–H and O–H groups in total. The number of aromatic carboxylic acids is 1. The summed E-state index contributed by atoms with van der Waals surface area (Å²) in [6.45, 7) is 3.91. The molecule has 6 nitrogen and oxygen atoms in total. The minimum Gasteiger partial charge on any atom is -0.489 e. The Hall–Kier alpha value is -2.21. The summed E-state index contributed by atoms with van der Waals surface area (Å²) in [6.07, 6.45) is 1.30. The maximum Gasteiger partial charge on any atom is 0.358 e. The van der Waals surface area contributed by atoms with Crippen LogP contribution in [0.3, 0.4) is 0 Å². The van der Waals surface area contributed by atoms with Crippen LogP contribution in [0.1, 0.15) is 35.5 Å². The number of carboxylic acid groups (broad SMARTS) is 1. The average Bonchev–Trinajstić information content (AvgIpc) is 3.17. The molecule has 0 saturated carbocycles. The lowest BCUT2D eigenvalue weighted by Gasteiger charge is -2.12. The third-order valence-corrected chi connectivity index (χ3v) is 4.54. The molecule has 0 spiro atoms. The zero-order valence-corrected chi connectivity index (χ0v) is 13.3. The number of benzene rings is 1. The molecule has 2 aliphatic rings. The van der Waals surface area contributed by atoms with Crippen LogP contribution >= 0.6 is 11.6 Å². The Bertz CT molecular complexity index is 789. The number of hydrogen-bond donors (Lipinski definition) is 1. The molecule has 0 saturated heterocycles. The summed E-state index contributed by atoms with van der Waals surface area (Å²) >= 11 is 6.50. The molecule has 7 heteroatoms. The lowest BCUT2D eigenvalue weighted by Crippen LogP contribution is -2.07. The van der Waals surface area contributed by atoms with Crippen LogP contribution in [0.25, 0.3) is 11.3 Å². The Morgan fingerprint density at radius 3 is 2.52 bits per heavy atom. The van der Waals surface area contributed by atoms with Gasteiger partial charge in [0.1, 0.15) is 23.7 Å². The van der Waals surface area contributed by atoms with Crippen molar-refractivity contribution < 1.29 is 23.9 Å². The van der Waals surface area contributed by atoms with Gasteiger partial charge in [0.15, 0.2) is 11.5 Å². The second kappa shape index (κ2) is 4.89. The number of fused-ring (bicyclic) bond motifs is 2. The molecule has 0 radical (unpaired) electrons. The van der Waals surface area contributed by atoms with Gasteiger partial charge in [-0.25, -0.2) is 4.79 Å². The first kappa shape index (κ1) is 14.4. The lowest BCUT2D eigenvalue weighted by atomic mass is 9.96. The molecule has 120 valence electrons. The Kier molecular flexibility index (Phi) is 3.06. The van der Waals surface area contributed by atoms with Crippen LogP contribution in [-0.4, -0.2) is 28.4 Å². The Labute approximate surface area is 136 Å².